The predicted molar refractivity (Wildman–Crippen MR) is 94.7 cm³/mol. The Hall–Kier alpha value is -1.26. The molecule has 0 aromatic heterocycles. The fraction of sp³-hybridized carbons (Fsp3) is 0.895. The molecule has 0 radical (unpaired) electrons. The minimum Gasteiger partial charge on any atom is -0.342 e. The second-order valence-electron chi connectivity index (χ2n) is 8.04. The molecule has 3 rings (SSSR count). The van der Waals surface area contributed by atoms with Gasteiger partial charge in [0.15, 0.2) is 0 Å². The first-order chi connectivity index (χ1) is 11.6. The van der Waals surface area contributed by atoms with Crippen LogP contribution in [0.2, 0.25) is 0 Å². The Balaban J connectivity index is 1.59. The van der Waals surface area contributed by atoms with Crippen molar-refractivity contribution in [3.8, 4) is 0 Å². The van der Waals surface area contributed by atoms with Gasteiger partial charge in [-0.3, -0.25) is 4.79 Å². The molecule has 2 saturated heterocycles. The lowest BCUT2D eigenvalue weighted by Crippen LogP contribution is -2.52. The third kappa shape index (κ3) is 3.70. The zero-order valence-electron chi connectivity index (χ0n) is 15.2. The molecule has 5 heteroatoms. The van der Waals surface area contributed by atoms with Crippen LogP contribution in [-0.4, -0.2) is 54.5 Å². The molecule has 2 aliphatic heterocycles. The maximum absolute atomic E-state index is 13.2. The van der Waals surface area contributed by atoms with Crippen molar-refractivity contribution in [1.29, 1.82) is 0 Å². The lowest BCUT2D eigenvalue weighted by atomic mass is 9.77. The minimum absolute atomic E-state index is 0.00549. The van der Waals surface area contributed by atoms with Gasteiger partial charge in [-0.05, 0) is 44.4 Å². The highest BCUT2D eigenvalue weighted by Gasteiger charge is 2.49. The Labute approximate surface area is 146 Å². The van der Waals surface area contributed by atoms with Crippen molar-refractivity contribution in [2.24, 2.45) is 11.3 Å². The lowest BCUT2D eigenvalue weighted by molar-refractivity contribution is -0.146. The van der Waals surface area contributed by atoms with E-state index in [4.69, 9.17) is 0 Å². The first-order valence-electron chi connectivity index (χ1n) is 9.97. The fourth-order valence-corrected chi connectivity index (χ4v) is 4.78. The van der Waals surface area contributed by atoms with Gasteiger partial charge < -0.3 is 15.1 Å². The number of likely N-dealkylation sites (tertiary alicyclic amines) is 2. The molecule has 3 amide bonds. The van der Waals surface area contributed by atoms with Crippen LogP contribution in [0.4, 0.5) is 4.79 Å². The van der Waals surface area contributed by atoms with Gasteiger partial charge in [0.1, 0.15) is 0 Å². The summed E-state index contributed by atoms with van der Waals surface area (Å²) in [6.45, 7) is 5.96. The molecule has 1 aliphatic carbocycles. The first kappa shape index (κ1) is 17.6. The van der Waals surface area contributed by atoms with Crippen molar-refractivity contribution in [2.45, 2.75) is 64.7 Å². The Bertz CT molecular complexity index is 462. The van der Waals surface area contributed by atoms with Crippen LogP contribution in [0.1, 0.15) is 64.7 Å². The topological polar surface area (TPSA) is 52.7 Å². The van der Waals surface area contributed by atoms with Crippen LogP contribution in [0.15, 0.2) is 0 Å². The number of hydrogen-bond acceptors (Lipinski definition) is 2. The van der Waals surface area contributed by atoms with Gasteiger partial charge in [-0.25, -0.2) is 4.79 Å². The number of nitrogens with zero attached hydrogens (tertiary/aromatic N) is 2. The van der Waals surface area contributed by atoms with Crippen LogP contribution in [-0.2, 0) is 4.79 Å². The van der Waals surface area contributed by atoms with E-state index in [1.54, 1.807) is 0 Å². The smallest absolute Gasteiger partial charge is 0.317 e. The van der Waals surface area contributed by atoms with Gasteiger partial charge in [0, 0.05) is 32.7 Å². The summed E-state index contributed by atoms with van der Waals surface area (Å²) in [5, 5.41) is 2.95. The first-order valence-corrected chi connectivity index (χ1v) is 9.97. The number of carbonyl (C=O) groups excluding carboxylic acids is 2. The highest BCUT2D eigenvalue weighted by Crippen LogP contribution is 2.40. The summed E-state index contributed by atoms with van der Waals surface area (Å²) < 4.78 is 0. The third-order valence-electron chi connectivity index (χ3n) is 6.19. The molecule has 1 atom stereocenters. The minimum atomic E-state index is -0.295. The fourth-order valence-electron chi connectivity index (χ4n) is 4.78. The summed E-state index contributed by atoms with van der Waals surface area (Å²) >= 11 is 0. The highest BCUT2D eigenvalue weighted by atomic mass is 16.2. The zero-order chi connectivity index (χ0) is 17.0. The van der Waals surface area contributed by atoms with Crippen molar-refractivity contribution in [3.63, 3.8) is 0 Å². The molecule has 1 spiro atoms. The number of rotatable bonds is 4. The Morgan fingerprint density at radius 2 is 1.96 bits per heavy atom. The van der Waals surface area contributed by atoms with Crippen LogP contribution in [0.25, 0.3) is 0 Å². The summed E-state index contributed by atoms with van der Waals surface area (Å²) in [5.41, 5.74) is -0.295. The molecule has 3 fully saturated rings. The molecule has 0 aromatic rings. The average molecular weight is 335 g/mol. The summed E-state index contributed by atoms with van der Waals surface area (Å²) in [5.74, 6) is 1.02. The molecule has 24 heavy (non-hydrogen) atoms. The molecule has 0 aromatic carbocycles. The molecule has 3 aliphatic rings. The van der Waals surface area contributed by atoms with Crippen molar-refractivity contribution in [3.05, 3.63) is 0 Å². The Morgan fingerprint density at radius 1 is 1.17 bits per heavy atom. The molecule has 5 nitrogen and oxygen atoms in total. The zero-order valence-corrected chi connectivity index (χ0v) is 15.2. The van der Waals surface area contributed by atoms with Crippen molar-refractivity contribution < 1.29 is 9.59 Å². The summed E-state index contributed by atoms with van der Waals surface area (Å²) in [7, 11) is 0. The van der Waals surface area contributed by atoms with E-state index in [9.17, 15) is 9.59 Å². The van der Waals surface area contributed by atoms with Crippen LogP contribution in [0.5, 0.6) is 0 Å². The standard InChI is InChI=1S/C19H33N3O2/c1-2-11-20-18(24)22-13-10-19(15-22)9-6-12-21(17(19)23)14-16-7-4-3-5-8-16/h16H,2-15H2,1H3,(H,20,24)/t19-/m0/s1. The van der Waals surface area contributed by atoms with Gasteiger partial charge in [0.05, 0.1) is 5.41 Å². The molecule has 0 unspecified atom stereocenters. The SMILES string of the molecule is CCCNC(=O)N1CC[C@@]2(CCCN(CC3CCCCC3)C2=O)C1. The van der Waals surface area contributed by atoms with Crippen LogP contribution >= 0.6 is 0 Å². The molecule has 0 bridgehead atoms. The van der Waals surface area contributed by atoms with Gasteiger partial charge >= 0.3 is 6.03 Å². The molecular weight excluding hydrogens is 302 g/mol. The number of amides is 3. The summed E-state index contributed by atoms with van der Waals surface area (Å²) in [6, 6.07) is 0.00549. The Kier molecular flexibility index (Phi) is 5.67. The van der Waals surface area contributed by atoms with Gasteiger partial charge in [-0.15, -0.1) is 0 Å². The second kappa shape index (κ2) is 7.75. The van der Waals surface area contributed by atoms with E-state index < -0.39 is 0 Å². The van der Waals surface area contributed by atoms with Crippen molar-refractivity contribution in [2.75, 3.05) is 32.7 Å². The van der Waals surface area contributed by atoms with E-state index in [-0.39, 0.29) is 11.4 Å². The van der Waals surface area contributed by atoms with Crippen LogP contribution in [0.3, 0.4) is 0 Å². The number of hydrogen-bond donors (Lipinski definition) is 1. The monoisotopic (exact) mass is 335 g/mol. The van der Waals surface area contributed by atoms with Gasteiger partial charge in [-0.2, -0.15) is 0 Å². The van der Waals surface area contributed by atoms with E-state index in [1.165, 1.54) is 32.1 Å². The van der Waals surface area contributed by atoms with E-state index in [0.29, 0.717) is 24.9 Å². The Morgan fingerprint density at radius 3 is 2.71 bits per heavy atom. The summed E-state index contributed by atoms with van der Waals surface area (Å²) in [4.78, 5) is 29.4. The van der Waals surface area contributed by atoms with Crippen molar-refractivity contribution in [1.82, 2.24) is 15.1 Å². The average Bonchev–Trinajstić information content (AvgIpc) is 3.03. The molecular formula is C19H33N3O2. The largest absolute Gasteiger partial charge is 0.342 e. The normalized spacial score (nSPS) is 28.6. The van der Waals surface area contributed by atoms with E-state index >= 15 is 0 Å². The number of carbonyl (C=O) groups is 2. The van der Waals surface area contributed by atoms with E-state index in [0.717, 1.165) is 45.3 Å². The van der Waals surface area contributed by atoms with Crippen LogP contribution in [0, 0.1) is 11.3 Å². The molecule has 2 heterocycles. The maximum atomic E-state index is 13.2. The third-order valence-corrected chi connectivity index (χ3v) is 6.19. The number of nitrogens with one attached hydrogen (secondary N) is 1. The number of piperidine rings is 1. The van der Waals surface area contributed by atoms with Gasteiger partial charge in [-0.1, -0.05) is 26.2 Å². The van der Waals surface area contributed by atoms with E-state index in [1.807, 2.05) is 4.90 Å². The summed E-state index contributed by atoms with van der Waals surface area (Å²) in [6.07, 6.45) is 10.4. The maximum Gasteiger partial charge on any atom is 0.317 e. The van der Waals surface area contributed by atoms with Crippen LogP contribution < -0.4 is 5.32 Å². The predicted octanol–water partition coefficient (Wildman–Crippen LogP) is 3.00. The lowest BCUT2D eigenvalue weighted by Gasteiger charge is -2.41. The van der Waals surface area contributed by atoms with Gasteiger partial charge in [0.25, 0.3) is 0 Å². The van der Waals surface area contributed by atoms with E-state index in [2.05, 4.69) is 17.1 Å². The second-order valence-corrected chi connectivity index (χ2v) is 8.04. The number of urea groups is 1. The van der Waals surface area contributed by atoms with Gasteiger partial charge in [0.2, 0.25) is 5.91 Å². The highest BCUT2D eigenvalue weighted by molar-refractivity contribution is 5.85. The quantitative estimate of drug-likeness (QED) is 0.858. The molecule has 1 saturated carbocycles. The molecule has 136 valence electrons. The van der Waals surface area contributed by atoms with Crippen molar-refractivity contribution >= 4 is 11.9 Å². The molecule has 1 N–H and O–H groups in total.